The summed E-state index contributed by atoms with van der Waals surface area (Å²) in [4.78, 5) is 14.1. The average Bonchev–Trinajstić information content (AvgIpc) is 2.89. The summed E-state index contributed by atoms with van der Waals surface area (Å²) in [6.45, 7) is 2.34. The lowest BCUT2D eigenvalue weighted by molar-refractivity contribution is -0.121. The molecule has 1 aromatic rings. The summed E-state index contributed by atoms with van der Waals surface area (Å²) in [5.74, 6) is 2.15. The second kappa shape index (κ2) is 4.73. The van der Waals surface area contributed by atoms with Gasteiger partial charge in [-0.15, -0.1) is 0 Å². The first-order chi connectivity index (χ1) is 10.2. The van der Waals surface area contributed by atoms with Gasteiger partial charge in [-0.3, -0.25) is 4.79 Å². The van der Waals surface area contributed by atoms with Gasteiger partial charge in [-0.2, -0.15) is 0 Å². The molecule has 1 aromatic carbocycles. The minimum atomic E-state index is 0.148. The largest absolute Gasteiger partial charge is 0.454 e. The molecule has 0 unspecified atom stereocenters. The highest BCUT2D eigenvalue weighted by Crippen LogP contribution is 2.48. The predicted molar refractivity (Wildman–Crippen MR) is 78.7 cm³/mol. The number of hydrogen-bond donors (Lipinski definition) is 0. The molecule has 4 heteroatoms. The molecular weight excluding hydrogens is 266 g/mol. The van der Waals surface area contributed by atoms with E-state index in [4.69, 9.17) is 9.47 Å². The van der Waals surface area contributed by atoms with Crippen LogP contribution >= 0.6 is 0 Å². The van der Waals surface area contributed by atoms with Crippen LogP contribution in [0.2, 0.25) is 0 Å². The van der Waals surface area contributed by atoms with Crippen LogP contribution < -0.4 is 9.47 Å². The third kappa shape index (κ3) is 2.13. The van der Waals surface area contributed by atoms with Gasteiger partial charge >= 0.3 is 0 Å². The topological polar surface area (TPSA) is 38.8 Å². The van der Waals surface area contributed by atoms with Crippen molar-refractivity contribution in [3.05, 3.63) is 23.3 Å². The van der Waals surface area contributed by atoms with E-state index in [0.717, 1.165) is 56.7 Å². The standard InChI is InChI=1S/C17H21NO3/c1-18-7-6-17(4-2-13(19)3-5-17)14-9-16-15(20-11-21-16)8-12(14)10-18/h8-9H,2-7,10-11H2,1H3. The van der Waals surface area contributed by atoms with Crippen molar-refractivity contribution in [1.29, 1.82) is 0 Å². The van der Waals surface area contributed by atoms with Crippen molar-refractivity contribution >= 4 is 5.78 Å². The Labute approximate surface area is 125 Å². The molecule has 0 saturated heterocycles. The van der Waals surface area contributed by atoms with Crippen molar-refractivity contribution in [2.75, 3.05) is 20.4 Å². The molecule has 112 valence electrons. The number of carbonyl (C=O) groups is 1. The highest BCUT2D eigenvalue weighted by atomic mass is 16.7. The van der Waals surface area contributed by atoms with Gasteiger partial charge in [0.1, 0.15) is 5.78 Å². The fourth-order valence-corrected chi connectivity index (χ4v) is 4.04. The molecule has 4 rings (SSSR count). The van der Waals surface area contributed by atoms with Gasteiger partial charge < -0.3 is 14.4 Å². The SMILES string of the molecule is CN1CCC2(CCC(=O)CC2)c2cc3c(cc2C1)OCO3. The molecule has 3 aliphatic rings. The lowest BCUT2D eigenvalue weighted by Crippen LogP contribution is -2.33. The molecule has 1 spiro atoms. The number of benzene rings is 1. The Morgan fingerprint density at radius 2 is 1.81 bits per heavy atom. The molecule has 0 radical (unpaired) electrons. The van der Waals surface area contributed by atoms with Crippen LogP contribution in [0.5, 0.6) is 11.5 Å². The molecule has 4 nitrogen and oxygen atoms in total. The minimum absolute atomic E-state index is 0.148. The molecule has 0 atom stereocenters. The fourth-order valence-electron chi connectivity index (χ4n) is 4.04. The normalized spacial score (nSPS) is 24.0. The zero-order valence-corrected chi connectivity index (χ0v) is 12.5. The van der Waals surface area contributed by atoms with Crippen molar-refractivity contribution in [2.45, 2.75) is 44.1 Å². The maximum atomic E-state index is 11.7. The number of nitrogens with zero attached hydrogens (tertiary/aromatic N) is 1. The predicted octanol–water partition coefficient (Wildman–Crippen LogP) is 2.63. The van der Waals surface area contributed by atoms with Crippen LogP contribution in [0, 0.1) is 0 Å². The Bertz CT molecular complexity index is 586. The van der Waals surface area contributed by atoms with Crippen LogP contribution in [-0.2, 0) is 16.8 Å². The molecular formula is C17H21NO3. The van der Waals surface area contributed by atoms with E-state index in [0.29, 0.717) is 12.6 Å². The number of hydrogen-bond acceptors (Lipinski definition) is 4. The Hall–Kier alpha value is -1.55. The Kier molecular flexibility index (Phi) is 2.96. The van der Waals surface area contributed by atoms with E-state index in [2.05, 4.69) is 24.1 Å². The second-order valence-electron chi connectivity index (χ2n) is 6.67. The first kappa shape index (κ1) is 13.1. The summed E-state index contributed by atoms with van der Waals surface area (Å²) < 4.78 is 11.1. The van der Waals surface area contributed by atoms with Crippen LogP contribution in [0.25, 0.3) is 0 Å². The number of fused-ring (bicyclic) bond motifs is 3. The minimum Gasteiger partial charge on any atom is -0.454 e. The van der Waals surface area contributed by atoms with E-state index in [1.54, 1.807) is 0 Å². The highest BCUT2D eigenvalue weighted by Gasteiger charge is 2.40. The number of rotatable bonds is 0. The van der Waals surface area contributed by atoms with Crippen molar-refractivity contribution in [3.8, 4) is 11.5 Å². The second-order valence-corrected chi connectivity index (χ2v) is 6.67. The monoisotopic (exact) mass is 287 g/mol. The molecule has 1 saturated carbocycles. The highest BCUT2D eigenvalue weighted by molar-refractivity contribution is 5.79. The summed E-state index contributed by atoms with van der Waals surface area (Å²) in [5, 5.41) is 0. The van der Waals surface area contributed by atoms with E-state index in [-0.39, 0.29) is 5.41 Å². The van der Waals surface area contributed by atoms with Crippen LogP contribution in [0.4, 0.5) is 0 Å². The summed E-state index contributed by atoms with van der Waals surface area (Å²) in [6, 6.07) is 4.34. The quantitative estimate of drug-likeness (QED) is 0.735. The van der Waals surface area contributed by atoms with Crippen molar-refractivity contribution < 1.29 is 14.3 Å². The van der Waals surface area contributed by atoms with Crippen LogP contribution in [0.1, 0.15) is 43.2 Å². The molecule has 2 heterocycles. The van der Waals surface area contributed by atoms with Gasteiger partial charge in [-0.1, -0.05) is 0 Å². The maximum absolute atomic E-state index is 11.7. The summed E-state index contributed by atoms with van der Waals surface area (Å²) in [5.41, 5.74) is 2.88. The smallest absolute Gasteiger partial charge is 0.231 e. The molecule has 0 bridgehead atoms. The van der Waals surface area contributed by atoms with Gasteiger partial charge in [-0.25, -0.2) is 0 Å². The Morgan fingerprint density at radius 1 is 1.10 bits per heavy atom. The lowest BCUT2D eigenvalue weighted by atomic mass is 9.66. The molecule has 1 fully saturated rings. The number of ether oxygens (including phenoxy) is 2. The lowest BCUT2D eigenvalue weighted by Gasteiger charge is -2.37. The summed E-state index contributed by atoms with van der Waals surface area (Å²) >= 11 is 0. The number of ketones is 1. The van der Waals surface area contributed by atoms with E-state index in [9.17, 15) is 4.79 Å². The molecule has 0 N–H and O–H groups in total. The number of Topliss-reactive ketones (excluding diaryl/α,β-unsaturated/α-hetero) is 1. The Morgan fingerprint density at radius 3 is 2.57 bits per heavy atom. The third-order valence-electron chi connectivity index (χ3n) is 5.35. The van der Waals surface area contributed by atoms with Crippen molar-refractivity contribution in [2.24, 2.45) is 0 Å². The molecule has 21 heavy (non-hydrogen) atoms. The zero-order chi connectivity index (χ0) is 14.4. The molecule has 1 aliphatic carbocycles. The summed E-state index contributed by atoms with van der Waals surface area (Å²) in [7, 11) is 2.17. The van der Waals surface area contributed by atoms with E-state index >= 15 is 0 Å². The first-order valence-corrected chi connectivity index (χ1v) is 7.80. The van der Waals surface area contributed by atoms with Gasteiger partial charge in [0.2, 0.25) is 6.79 Å². The van der Waals surface area contributed by atoms with Crippen molar-refractivity contribution in [3.63, 3.8) is 0 Å². The fraction of sp³-hybridized carbons (Fsp3) is 0.588. The van der Waals surface area contributed by atoms with E-state index in [1.165, 1.54) is 11.1 Å². The van der Waals surface area contributed by atoms with Crippen LogP contribution in [0.3, 0.4) is 0 Å². The first-order valence-electron chi connectivity index (χ1n) is 7.80. The van der Waals surface area contributed by atoms with Gasteiger partial charge in [0, 0.05) is 19.4 Å². The van der Waals surface area contributed by atoms with Gasteiger partial charge in [-0.05, 0) is 61.5 Å². The van der Waals surface area contributed by atoms with Crippen LogP contribution in [-0.4, -0.2) is 31.1 Å². The van der Waals surface area contributed by atoms with E-state index < -0.39 is 0 Å². The van der Waals surface area contributed by atoms with Gasteiger partial charge in [0.05, 0.1) is 0 Å². The summed E-state index contributed by atoms with van der Waals surface area (Å²) in [6.07, 6.45) is 4.53. The van der Waals surface area contributed by atoms with Crippen LogP contribution in [0.15, 0.2) is 12.1 Å². The maximum Gasteiger partial charge on any atom is 0.231 e. The zero-order valence-electron chi connectivity index (χ0n) is 12.5. The third-order valence-corrected chi connectivity index (χ3v) is 5.35. The van der Waals surface area contributed by atoms with Gasteiger partial charge in [0.25, 0.3) is 0 Å². The number of carbonyl (C=O) groups excluding carboxylic acids is 1. The molecule has 2 aliphatic heterocycles. The molecule has 0 aromatic heterocycles. The Balaban J connectivity index is 1.82. The average molecular weight is 287 g/mol. The van der Waals surface area contributed by atoms with Gasteiger partial charge in [0.15, 0.2) is 11.5 Å². The molecule has 0 amide bonds. The van der Waals surface area contributed by atoms with Crippen molar-refractivity contribution in [1.82, 2.24) is 4.90 Å². The van der Waals surface area contributed by atoms with E-state index in [1.807, 2.05) is 0 Å².